The molecule has 0 spiro atoms. The molecule has 0 fully saturated rings. The third-order valence-electron chi connectivity index (χ3n) is 4.90. The maximum atomic E-state index is 12.1. The Hall–Kier alpha value is -3.69. The monoisotopic (exact) mass is 495 g/mol. The number of hydrogen-bond acceptors (Lipinski definition) is 7. The lowest BCUT2D eigenvalue weighted by molar-refractivity contribution is 0.100. The number of H-pyrrole nitrogens is 1. The zero-order valence-electron chi connectivity index (χ0n) is 18.5. The van der Waals surface area contributed by atoms with Gasteiger partial charge < -0.3 is 15.2 Å². The SMILES string of the molecule is COc1cc(C=Nc2n[nH]c(Cc3cccc(Cl)c3)c2C(N)=O)ccc1OCc1cnc(C)s1. The molecule has 34 heavy (non-hydrogen) atoms. The van der Waals surface area contributed by atoms with E-state index in [4.69, 9.17) is 26.8 Å². The van der Waals surface area contributed by atoms with Gasteiger partial charge in [-0.3, -0.25) is 9.89 Å². The van der Waals surface area contributed by atoms with Crippen molar-refractivity contribution < 1.29 is 14.3 Å². The van der Waals surface area contributed by atoms with Crippen LogP contribution in [0.4, 0.5) is 5.82 Å². The summed E-state index contributed by atoms with van der Waals surface area (Å²) in [6.45, 7) is 2.35. The zero-order valence-corrected chi connectivity index (χ0v) is 20.1. The predicted octanol–water partition coefficient (Wildman–Crippen LogP) is 4.86. The molecule has 2 aromatic carbocycles. The molecule has 0 aliphatic heterocycles. The van der Waals surface area contributed by atoms with E-state index in [1.165, 1.54) is 0 Å². The molecule has 4 rings (SSSR count). The number of primary amides is 1. The van der Waals surface area contributed by atoms with Gasteiger partial charge in [0.2, 0.25) is 0 Å². The second-order valence-corrected chi connectivity index (χ2v) is 9.13. The third kappa shape index (κ3) is 5.62. The number of aliphatic imine (C=N–C) groups is 1. The van der Waals surface area contributed by atoms with Gasteiger partial charge in [-0.25, -0.2) is 9.98 Å². The number of amides is 1. The molecule has 2 aromatic heterocycles. The molecule has 0 saturated heterocycles. The number of nitrogens with zero attached hydrogens (tertiary/aromatic N) is 3. The minimum Gasteiger partial charge on any atom is -0.493 e. The average molecular weight is 496 g/mol. The normalized spacial score (nSPS) is 11.1. The number of thiazole rings is 1. The van der Waals surface area contributed by atoms with Crippen LogP contribution in [-0.2, 0) is 13.0 Å². The summed E-state index contributed by atoms with van der Waals surface area (Å²) in [4.78, 5) is 21.8. The van der Waals surface area contributed by atoms with E-state index in [1.54, 1.807) is 49.1 Å². The van der Waals surface area contributed by atoms with Crippen LogP contribution in [0.3, 0.4) is 0 Å². The molecule has 10 heteroatoms. The highest BCUT2D eigenvalue weighted by molar-refractivity contribution is 7.11. The minimum absolute atomic E-state index is 0.212. The van der Waals surface area contributed by atoms with E-state index in [0.717, 1.165) is 21.0 Å². The Balaban J connectivity index is 1.52. The molecule has 0 unspecified atom stereocenters. The van der Waals surface area contributed by atoms with Crippen molar-refractivity contribution in [1.82, 2.24) is 15.2 Å². The van der Waals surface area contributed by atoms with Crippen LogP contribution in [0.1, 0.15) is 37.1 Å². The number of methoxy groups -OCH3 is 1. The number of benzene rings is 2. The molecular weight excluding hydrogens is 474 g/mol. The lowest BCUT2D eigenvalue weighted by Crippen LogP contribution is -2.13. The first-order chi connectivity index (χ1) is 16.4. The second-order valence-electron chi connectivity index (χ2n) is 7.37. The van der Waals surface area contributed by atoms with Crippen molar-refractivity contribution in [3.8, 4) is 11.5 Å². The van der Waals surface area contributed by atoms with Crippen molar-refractivity contribution in [3.05, 3.63) is 86.0 Å². The van der Waals surface area contributed by atoms with Crippen LogP contribution in [0, 0.1) is 6.92 Å². The average Bonchev–Trinajstić information content (AvgIpc) is 3.42. The highest BCUT2D eigenvalue weighted by Crippen LogP contribution is 2.29. The summed E-state index contributed by atoms with van der Waals surface area (Å²) in [7, 11) is 1.57. The molecular formula is C24H22ClN5O3S. The van der Waals surface area contributed by atoms with Crippen molar-refractivity contribution in [2.45, 2.75) is 20.0 Å². The highest BCUT2D eigenvalue weighted by atomic mass is 35.5. The summed E-state index contributed by atoms with van der Waals surface area (Å²) in [5.74, 6) is 0.762. The molecule has 8 nitrogen and oxygen atoms in total. The fourth-order valence-corrected chi connectivity index (χ4v) is 4.26. The van der Waals surface area contributed by atoms with Gasteiger partial charge in [-0.2, -0.15) is 5.10 Å². The Morgan fingerprint density at radius 2 is 2.12 bits per heavy atom. The van der Waals surface area contributed by atoms with E-state index in [1.807, 2.05) is 31.2 Å². The molecule has 0 bridgehead atoms. The van der Waals surface area contributed by atoms with E-state index in [0.29, 0.717) is 35.2 Å². The first-order valence-corrected chi connectivity index (χ1v) is 11.5. The molecule has 0 aliphatic rings. The van der Waals surface area contributed by atoms with E-state index in [2.05, 4.69) is 20.2 Å². The number of aromatic amines is 1. The number of ether oxygens (including phenoxy) is 2. The quantitative estimate of drug-likeness (QED) is 0.322. The summed E-state index contributed by atoms with van der Waals surface area (Å²) in [6, 6.07) is 12.8. The van der Waals surface area contributed by atoms with Crippen LogP contribution in [0.5, 0.6) is 11.5 Å². The Bertz CT molecular complexity index is 1350. The molecule has 2 heterocycles. The van der Waals surface area contributed by atoms with E-state index in [-0.39, 0.29) is 11.4 Å². The molecule has 4 aromatic rings. The molecule has 0 atom stereocenters. The number of aryl methyl sites for hydroxylation is 1. The van der Waals surface area contributed by atoms with Gasteiger partial charge in [-0.1, -0.05) is 23.7 Å². The molecule has 3 N–H and O–H groups in total. The highest BCUT2D eigenvalue weighted by Gasteiger charge is 2.18. The van der Waals surface area contributed by atoms with Crippen LogP contribution in [0.25, 0.3) is 0 Å². The maximum Gasteiger partial charge on any atom is 0.254 e. The number of carbonyl (C=O) groups is 1. The van der Waals surface area contributed by atoms with Crippen molar-refractivity contribution >= 4 is 40.9 Å². The predicted molar refractivity (Wildman–Crippen MR) is 133 cm³/mol. The minimum atomic E-state index is -0.613. The molecule has 174 valence electrons. The van der Waals surface area contributed by atoms with Gasteiger partial charge in [0.25, 0.3) is 5.91 Å². The Labute approximate surface area is 205 Å². The van der Waals surface area contributed by atoms with E-state index >= 15 is 0 Å². The van der Waals surface area contributed by atoms with Gasteiger partial charge in [-0.05, 0) is 48.4 Å². The van der Waals surface area contributed by atoms with Gasteiger partial charge >= 0.3 is 0 Å². The van der Waals surface area contributed by atoms with Gasteiger partial charge in [0.05, 0.1) is 22.7 Å². The second kappa shape index (κ2) is 10.5. The summed E-state index contributed by atoms with van der Waals surface area (Å²) in [5, 5.41) is 8.65. The smallest absolute Gasteiger partial charge is 0.254 e. The van der Waals surface area contributed by atoms with E-state index in [9.17, 15) is 4.79 Å². The zero-order chi connectivity index (χ0) is 24.1. The van der Waals surface area contributed by atoms with Gasteiger partial charge in [-0.15, -0.1) is 11.3 Å². The van der Waals surface area contributed by atoms with Crippen molar-refractivity contribution in [2.24, 2.45) is 10.7 Å². The maximum absolute atomic E-state index is 12.1. The fourth-order valence-electron chi connectivity index (χ4n) is 3.34. The lowest BCUT2D eigenvalue weighted by Gasteiger charge is -2.10. The summed E-state index contributed by atoms with van der Waals surface area (Å²) >= 11 is 7.65. The number of nitrogens with two attached hydrogens (primary N) is 1. The number of nitrogens with one attached hydrogen (secondary N) is 1. The number of rotatable bonds is 9. The van der Waals surface area contributed by atoms with Gasteiger partial charge in [0.1, 0.15) is 12.2 Å². The van der Waals surface area contributed by atoms with Crippen molar-refractivity contribution in [3.63, 3.8) is 0 Å². The summed E-state index contributed by atoms with van der Waals surface area (Å²) in [6.07, 6.45) is 3.81. The Morgan fingerprint density at radius 1 is 1.26 bits per heavy atom. The first kappa shape index (κ1) is 23.5. The topological polar surface area (TPSA) is 115 Å². The third-order valence-corrected chi connectivity index (χ3v) is 6.02. The van der Waals surface area contributed by atoms with Crippen LogP contribution < -0.4 is 15.2 Å². The number of carbonyl (C=O) groups excluding carboxylic acids is 1. The Kier molecular flexibility index (Phi) is 7.24. The van der Waals surface area contributed by atoms with Gasteiger partial charge in [0, 0.05) is 23.9 Å². The van der Waals surface area contributed by atoms with Crippen LogP contribution >= 0.6 is 22.9 Å². The number of halogens is 1. The molecule has 1 amide bonds. The molecule has 0 aliphatic carbocycles. The lowest BCUT2D eigenvalue weighted by atomic mass is 10.1. The Morgan fingerprint density at radius 3 is 2.82 bits per heavy atom. The van der Waals surface area contributed by atoms with Crippen molar-refractivity contribution in [1.29, 1.82) is 0 Å². The van der Waals surface area contributed by atoms with E-state index < -0.39 is 5.91 Å². The summed E-state index contributed by atoms with van der Waals surface area (Å²) in [5.41, 5.74) is 8.09. The standard InChI is InChI=1S/C24H22ClN5O3S/c1-14-27-12-18(34-14)13-33-20-7-6-16(10-21(20)32-2)11-28-24-22(23(26)31)19(29-30-24)9-15-4-3-5-17(25)8-15/h3-8,10-12H,9,13H2,1-2H3,(H2,26,31)(H,29,30). The van der Waals surface area contributed by atoms with Gasteiger partial charge in [0.15, 0.2) is 17.3 Å². The number of aromatic nitrogens is 3. The first-order valence-electron chi connectivity index (χ1n) is 10.3. The molecule has 0 radical (unpaired) electrons. The summed E-state index contributed by atoms with van der Waals surface area (Å²) < 4.78 is 11.3. The van der Waals surface area contributed by atoms with Crippen LogP contribution in [0.2, 0.25) is 5.02 Å². The molecule has 0 saturated carbocycles. The number of hydrogen-bond donors (Lipinski definition) is 2. The van der Waals surface area contributed by atoms with Crippen LogP contribution in [-0.4, -0.2) is 34.4 Å². The van der Waals surface area contributed by atoms with Crippen LogP contribution in [0.15, 0.2) is 53.7 Å². The fraction of sp³-hybridized carbons (Fsp3) is 0.167. The largest absolute Gasteiger partial charge is 0.493 e. The van der Waals surface area contributed by atoms with Crippen molar-refractivity contribution in [2.75, 3.05) is 7.11 Å².